The van der Waals surface area contributed by atoms with Crippen molar-refractivity contribution >= 4 is 11.6 Å². The second kappa shape index (κ2) is 7.81. The summed E-state index contributed by atoms with van der Waals surface area (Å²) < 4.78 is 5.98. The van der Waals surface area contributed by atoms with E-state index in [0.29, 0.717) is 12.1 Å². The summed E-state index contributed by atoms with van der Waals surface area (Å²) in [4.78, 5) is 14.7. The van der Waals surface area contributed by atoms with Crippen LogP contribution in [0.15, 0.2) is 54.6 Å². The van der Waals surface area contributed by atoms with Crippen molar-refractivity contribution < 1.29 is 9.53 Å². The molecule has 0 spiro atoms. The van der Waals surface area contributed by atoms with Crippen LogP contribution >= 0.6 is 0 Å². The first-order valence-electron chi connectivity index (χ1n) is 9.65. The van der Waals surface area contributed by atoms with Crippen molar-refractivity contribution in [2.24, 2.45) is 0 Å². The van der Waals surface area contributed by atoms with Crippen molar-refractivity contribution in [3.05, 3.63) is 60.2 Å². The molecule has 1 N–H and O–H groups in total. The number of ether oxygens (including phenoxy) is 1. The normalized spacial score (nSPS) is 20.3. The van der Waals surface area contributed by atoms with E-state index in [2.05, 4.69) is 17.4 Å². The number of benzene rings is 2. The van der Waals surface area contributed by atoms with Crippen LogP contribution in [0.25, 0.3) is 0 Å². The van der Waals surface area contributed by atoms with E-state index in [9.17, 15) is 4.79 Å². The van der Waals surface area contributed by atoms with Crippen molar-refractivity contribution in [3.8, 4) is 5.75 Å². The van der Waals surface area contributed by atoms with Gasteiger partial charge in [-0.1, -0.05) is 18.2 Å². The Labute approximate surface area is 155 Å². The molecule has 0 radical (unpaired) electrons. The topological polar surface area (TPSA) is 41.6 Å². The van der Waals surface area contributed by atoms with Crippen LogP contribution in [-0.4, -0.2) is 36.0 Å². The Hall–Kier alpha value is -2.49. The van der Waals surface area contributed by atoms with E-state index in [4.69, 9.17) is 4.74 Å². The molecule has 2 aliphatic rings. The predicted molar refractivity (Wildman–Crippen MR) is 104 cm³/mol. The van der Waals surface area contributed by atoms with Gasteiger partial charge in [-0.25, -0.2) is 0 Å². The van der Waals surface area contributed by atoms with Crippen LogP contribution < -0.4 is 10.1 Å². The molecule has 0 aromatic heterocycles. The molecule has 1 saturated heterocycles. The Morgan fingerprint density at radius 3 is 2.42 bits per heavy atom. The van der Waals surface area contributed by atoms with Gasteiger partial charge in [0.2, 0.25) is 0 Å². The fraction of sp³-hybridized carbons (Fsp3) is 0.409. The number of nitrogens with one attached hydrogen (secondary N) is 1. The minimum Gasteiger partial charge on any atom is -0.490 e. The first-order chi connectivity index (χ1) is 12.8. The van der Waals surface area contributed by atoms with Crippen molar-refractivity contribution in [2.45, 2.75) is 44.2 Å². The average Bonchev–Trinajstić information content (AvgIpc) is 3.35. The minimum absolute atomic E-state index is 0.106. The Bertz CT molecular complexity index is 724. The standard InChI is InChI=1S/C22H26N2O2/c25-22(17-10-12-21(13-11-17)26-20-8-4-5-9-20)24-15-14-19(16-24)23-18-6-2-1-3-7-18/h1-3,6-7,10-13,19-20,23H,4-5,8-9,14-16H2. The molecular formula is C22H26N2O2. The number of hydrogen-bond donors (Lipinski definition) is 1. The van der Waals surface area contributed by atoms with Gasteiger partial charge in [0.25, 0.3) is 5.91 Å². The number of nitrogens with zero attached hydrogens (tertiary/aromatic N) is 1. The van der Waals surface area contributed by atoms with Gasteiger partial charge in [-0.15, -0.1) is 0 Å². The van der Waals surface area contributed by atoms with Gasteiger partial charge in [0, 0.05) is 30.4 Å². The second-order valence-corrected chi connectivity index (χ2v) is 7.30. The highest BCUT2D eigenvalue weighted by Crippen LogP contribution is 2.25. The molecule has 2 fully saturated rings. The summed E-state index contributed by atoms with van der Waals surface area (Å²) in [6.07, 6.45) is 6.13. The summed E-state index contributed by atoms with van der Waals surface area (Å²) in [5, 5.41) is 3.51. The number of hydrogen-bond acceptors (Lipinski definition) is 3. The van der Waals surface area contributed by atoms with Gasteiger partial charge < -0.3 is 15.0 Å². The molecule has 4 nitrogen and oxygen atoms in total. The van der Waals surface area contributed by atoms with Crippen molar-refractivity contribution in [1.29, 1.82) is 0 Å². The van der Waals surface area contributed by atoms with E-state index >= 15 is 0 Å². The quantitative estimate of drug-likeness (QED) is 0.872. The number of para-hydroxylation sites is 1. The maximum atomic E-state index is 12.8. The SMILES string of the molecule is O=C(c1ccc(OC2CCCC2)cc1)N1CCC(Nc2ccccc2)C1. The third-order valence-electron chi connectivity index (χ3n) is 5.33. The Morgan fingerprint density at radius 1 is 0.962 bits per heavy atom. The molecule has 26 heavy (non-hydrogen) atoms. The highest BCUT2D eigenvalue weighted by atomic mass is 16.5. The van der Waals surface area contributed by atoms with E-state index in [1.165, 1.54) is 12.8 Å². The molecule has 1 saturated carbocycles. The van der Waals surface area contributed by atoms with Gasteiger partial charge >= 0.3 is 0 Å². The molecule has 1 atom stereocenters. The van der Waals surface area contributed by atoms with Crippen molar-refractivity contribution in [1.82, 2.24) is 4.90 Å². The molecule has 1 aliphatic heterocycles. The number of anilines is 1. The van der Waals surface area contributed by atoms with Gasteiger partial charge in [-0.2, -0.15) is 0 Å². The molecule has 1 aliphatic carbocycles. The summed E-state index contributed by atoms with van der Waals surface area (Å²) in [6.45, 7) is 1.54. The van der Waals surface area contributed by atoms with Crippen molar-refractivity contribution in [3.63, 3.8) is 0 Å². The van der Waals surface area contributed by atoms with E-state index in [1.54, 1.807) is 0 Å². The van der Waals surface area contributed by atoms with Crippen LogP contribution in [0.2, 0.25) is 0 Å². The fourth-order valence-electron chi connectivity index (χ4n) is 3.89. The summed E-state index contributed by atoms with van der Waals surface area (Å²) in [6, 6.07) is 18.1. The van der Waals surface area contributed by atoms with E-state index < -0.39 is 0 Å². The third-order valence-corrected chi connectivity index (χ3v) is 5.33. The van der Waals surface area contributed by atoms with Crippen LogP contribution in [0, 0.1) is 0 Å². The van der Waals surface area contributed by atoms with E-state index in [1.807, 2.05) is 47.4 Å². The zero-order valence-corrected chi connectivity index (χ0v) is 15.1. The van der Waals surface area contributed by atoms with Gasteiger partial charge in [0.1, 0.15) is 5.75 Å². The monoisotopic (exact) mass is 350 g/mol. The lowest BCUT2D eigenvalue weighted by Gasteiger charge is -2.18. The molecule has 2 aromatic carbocycles. The number of carbonyl (C=O) groups is 1. The van der Waals surface area contributed by atoms with Crippen LogP contribution in [-0.2, 0) is 0 Å². The predicted octanol–water partition coefficient (Wildman–Crippen LogP) is 4.33. The fourth-order valence-corrected chi connectivity index (χ4v) is 3.89. The number of carbonyl (C=O) groups excluding carboxylic acids is 1. The molecule has 1 heterocycles. The first-order valence-corrected chi connectivity index (χ1v) is 9.65. The Balaban J connectivity index is 1.32. The minimum atomic E-state index is 0.106. The zero-order chi connectivity index (χ0) is 17.8. The second-order valence-electron chi connectivity index (χ2n) is 7.30. The maximum absolute atomic E-state index is 12.8. The Morgan fingerprint density at radius 2 is 1.69 bits per heavy atom. The highest BCUT2D eigenvalue weighted by molar-refractivity contribution is 5.94. The van der Waals surface area contributed by atoms with Crippen LogP contribution in [0.4, 0.5) is 5.69 Å². The molecular weight excluding hydrogens is 324 g/mol. The number of likely N-dealkylation sites (tertiary alicyclic amines) is 1. The van der Waals surface area contributed by atoms with Gasteiger partial charge in [-0.3, -0.25) is 4.79 Å². The van der Waals surface area contributed by atoms with Gasteiger partial charge in [0.05, 0.1) is 6.10 Å². The van der Waals surface area contributed by atoms with Gasteiger partial charge in [-0.05, 0) is 68.5 Å². The van der Waals surface area contributed by atoms with E-state index in [0.717, 1.165) is 49.4 Å². The summed E-state index contributed by atoms with van der Waals surface area (Å²) >= 11 is 0. The molecule has 1 amide bonds. The Kier molecular flexibility index (Phi) is 5.09. The first kappa shape index (κ1) is 17.0. The smallest absolute Gasteiger partial charge is 0.253 e. The highest BCUT2D eigenvalue weighted by Gasteiger charge is 2.27. The lowest BCUT2D eigenvalue weighted by atomic mass is 10.2. The molecule has 0 bridgehead atoms. The van der Waals surface area contributed by atoms with Crippen LogP contribution in [0.1, 0.15) is 42.5 Å². The lowest BCUT2D eigenvalue weighted by Crippen LogP contribution is -2.31. The summed E-state index contributed by atoms with van der Waals surface area (Å²) in [5.74, 6) is 0.980. The molecule has 2 aromatic rings. The summed E-state index contributed by atoms with van der Waals surface area (Å²) in [7, 11) is 0. The lowest BCUT2D eigenvalue weighted by molar-refractivity contribution is 0.0791. The van der Waals surface area contributed by atoms with Gasteiger partial charge in [0.15, 0.2) is 0 Å². The number of rotatable bonds is 5. The number of amides is 1. The van der Waals surface area contributed by atoms with Crippen LogP contribution in [0.3, 0.4) is 0 Å². The van der Waals surface area contributed by atoms with Crippen LogP contribution in [0.5, 0.6) is 5.75 Å². The summed E-state index contributed by atoms with van der Waals surface area (Å²) in [5.41, 5.74) is 1.85. The molecule has 136 valence electrons. The largest absolute Gasteiger partial charge is 0.490 e. The average molecular weight is 350 g/mol. The maximum Gasteiger partial charge on any atom is 0.253 e. The molecule has 4 heteroatoms. The zero-order valence-electron chi connectivity index (χ0n) is 15.1. The third kappa shape index (κ3) is 4.01. The van der Waals surface area contributed by atoms with E-state index in [-0.39, 0.29) is 5.91 Å². The van der Waals surface area contributed by atoms with Crippen molar-refractivity contribution in [2.75, 3.05) is 18.4 Å². The molecule has 1 unspecified atom stereocenters. The molecule has 4 rings (SSSR count).